The molecule has 0 aliphatic carbocycles. The molecule has 0 bridgehead atoms. The van der Waals surface area contributed by atoms with E-state index >= 15 is 0 Å². The molecule has 1 unspecified atom stereocenters. The molecule has 3 heterocycles. The van der Waals surface area contributed by atoms with Gasteiger partial charge >= 0.3 is 0 Å². The molecule has 24 heavy (non-hydrogen) atoms. The molecule has 8 heteroatoms. The normalized spacial score (nSPS) is 18.2. The first-order valence-corrected chi connectivity index (χ1v) is 10.0. The van der Waals surface area contributed by atoms with Crippen molar-refractivity contribution >= 4 is 21.3 Å². The Bertz CT molecular complexity index is 853. The number of aromatic nitrogens is 2. The third-order valence-corrected chi connectivity index (χ3v) is 5.20. The Hall–Kier alpha value is -1.93. The second kappa shape index (κ2) is 6.52. The molecule has 1 atom stereocenters. The van der Waals surface area contributed by atoms with Crippen LogP contribution in [0.1, 0.15) is 30.3 Å². The number of imidazole rings is 1. The van der Waals surface area contributed by atoms with Gasteiger partial charge in [0.2, 0.25) is 15.0 Å². The summed E-state index contributed by atoms with van der Waals surface area (Å²) in [6.45, 7) is 4.30. The largest absolute Gasteiger partial charge is 0.333 e. The van der Waals surface area contributed by atoms with E-state index in [2.05, 4.69) is 10.3 Å². The molecule has 1 aliphatic rings. The maximum atomic E-state index is 13.1. The third-order valence-electron chi connectivity index (χ3n) is 4.25. The fourth-order valence-corrected chi connectivity index (χ4v) is 3.93. The van der Waals surface area contributed by atoms with Crippen LogP contribution in [0.15, 0.2) is 29.6 Å². The van der Waals surface area contributed by atoms with Crippen molar-refractivity contribution in [2.75, 3.05) is 25.9 Å². The van der Waals surface area contributed by atoms with Crippen LogP contribution in [-0.2, 0) is 9.84 Å². The molecule has 0 saturated carbocycles. The Balaban J connectivity index is 2.09. The average molecular weight is 350 g/mol. The van der Waals surface area contributed by atoms with Gasteiger partial charge in [0.1, 0.15) is 0 Å². The van der Waals surface area contributed by atoms with E-state index in [1.54, 1.807) is 24.4 Å². The van der Waals surface area contributed by atoms with Gasteiger partial charge < -0.3 is 10.2 Å². The molecule has 0 aromatic carbocycles. The zero-order valence-corrected chi connectivity index (χ0v) is 14.7. The van der Waals surface area contributed by atoms with Crippen molar-refractivity contribution < 1.29 is 13.2 Å². The SMILES string of the molecule is CCCN(C(=O)c1nc(S(C)(=O)=O)n2ccccc12)C1CCNC1. The van der Waals surface area contributed by atoms with E-state index in [0.29, 0.717) is 12.1 Å². The summed E-state index contributed by atoms with van der Waals surface area (Å²) in [7, 11) is -3.53. The van der Waals surface area contributed by atoms with Gasteiger partial charge in [0.05, 0.1) is 5.52 Å². The van der Waals surface area contributed by atoms with E-state index in [1.807, 2.05) is 11.8 Å². The molecule has 7 nitrogen and oxygen atoms in total. The fourth-order valence-electron chi connectivity index (χ4n) is 3.16. The second-order valence-corrected chi connectivity index (χ2v) is 8.03. The van der Waals surface area contributed by atoms with Crippen LogP contribution in [0.2, 0.25) is 0 Å². The number of pyridine rings is 1. The van der Waals surface area contributed by atoms with Gasteiger partial charge in [0.25, 0.3) is 5.91 Å². The van der Waals surface area contributed by atoms with Gasteiger partial charge in [-0.2, -0.15) is 0 Å². The van der Waals surface area contributed by atoms with Crippen LogP contribution in [0.25, 0.3) is 5.52 Å². The number of sulfone groups is 1. The Morgan fingerprint density at radius 1 is 1.46 bits per heavy atom. The van der Waals surface area contributed by atoms with Crippen molar-refractivity contribution in [2.45, 2.75) is 31.0 Å². The summed E-state index contributed by atoms with van der Waals surface area (Å²) in [5.41, 5.74) is 0.728. The van der Waals surface area contributed by atoms with Crippen LogP contribution >= 0.6 is 0 Å². The number of amides is 1. The van der Waals surface area contributed by atoms with E-state index < -0.39 is 9.84 Å². The molecule has 0 spiro atoms. The van der Waals surface area contributed by atoms with E-state index in [4.69, 9.17) is 0 Å². The summed E-state index contributed by atoms with van der Waals surface area (Å²) >= 11 is 0. The van der Waals surface area contributed by atoms with Crippen molar-refractivity contribution in [1.82, 2.24) is 19.6 Å². The number of rotatable bonds is 5. The lowest BCUT2D eigenvalue weighted by Crippen LogP contribution is -2.42. The maximum Gasteiger partial charge on any atom is 0.275 e. The van der Waals surface area contributed by atoms with Gasteiger partial charge in [-0.25, -0.2) is 13.4 Å². The standard InChI is InChI=1S/C16H22N4O3S/c1-3-9-19(12-7-8-17-11-12)15(21)14-13-6-4-5-10-20(13)16(18-14)24(2,22)23/h4-6,10,12,17H,3,7-9,11H2,1-2H3. The topological polar surface area (TPSA) is 83.8 Å². The zero-order valence-electron chi connectivity index (χ0n) is 13.9. The molecular formula is C16H22N4O3S. The molecule has 3 rings (SSSR count). The van der Waals surface area contributed by atoms with E-state index in [1.165, 1.54) is 4.40 Å². The van der Waals surface area contributed by atoms with Crippen molar-refractivity contribution in [3.63, 3.8) is 0 Å². The molecule has 2 aromatic heterocycles. The number of fused-ring (bicyclic) bond motifs is 1. The number of nitrogens with one attached hydrogen (secondary N) is 1. The summed E-state index contributed by atoms with van der Waals surface area (Å²) in [6.07, 6.45) is 4.47. The van der Waals surface area contributed by atoms with Crippen LogP contribution < -0.4 is 5.32 Å². The van der Waals surface area contributed by atoms with Gasteiger partial charge in [0, 0.05) is 31.6 Å². The van der Waals surface area contributed by atoms with Gasteiger partial charge in [0.15, 0.2) is 5.69 Å². The van der Waals surface area contributed by atoms with E-state index in [0.717, 1.165) is 32.2 Å². The minimum Gasteiger partial charge on any atom is -0.333 e. The minimum absolute atomic E-state index is 0.0950. The van der Waals surface area contributed by atoms with E-state index in [9.17, 15) is 13.2 Å². The highest BCUT2D eigenvalue weighted by Crippen LogP contribution is 2.21. The second-order valence-electron chi connectivity index (χ2n) is 6.12. The van der Waals surface area contributed by atoms with Crippen LogP contribution in [-0.4, -0.2) is 60.5 Å². The molecule has 130 valence electrons. The van der Waals surface area contributed by atoms with Crippen LogP contribution in [0.3, 0.4) is 0 Å². The van der Waals surface area contributed by atoms with Gasteiger partial charge in [-0.15, -0.1) is 0 Å². The Morgan fingerprint density at radius 3 is 2.88 bits per heavy atom. The molecule has 1 N–H and O–H groups in total. The Labute approximate surface area is 141 Å². The molecule has 1 fully saturated rings. The smallest absolute Gasteiger partial charge is 0.275 e. The number of carbonyl (C=O) groups excluding carboxylic acids is 1. The van der Waals surface area contributed by atoms with Crippen LogP contribution in [0.5, 0.6) is 0 Å². The molecular weight excluding hydrogens is 328 g/mol. The Morgan fingerprint density at radius 2 is 2.25 bits per heavy atom. The quantitative estimate of drug-likeness (QED) is 0.868. The monoisotopic (exact) mass is 350 g/mol. The third kappa shape index (κ3) is 3.03. The average Bonchev–Trinajstić information content (AvgIpc) is 3.19. The highest BCUT2D eigenvalue weighted by atomic mass is 32.2. The zero-order chi connectivity index (χ0) is 17.3. The summed E-state index contributed by atoms with van der Waals surface area (Å²) < 4.78 is 25.5. The van der Waals surface area contributed by atoms with Crippen molar-refractivity contribution in [1.29, 1.82) is 0 Å². The lowest BCUT2D eigenvalue weighted by molar-refractivity contribution is 0.0688. The summed E-state index contributed by atoms with van der Waals surface area (Å²) in [6, 6.07) is 5.36. The summed E-state index contributed by atoms with van der Waals surface area (Å²) in [4.78, 5) is 19.1. The molecule has 1 aliphatic heterocycles. The lowest BCUT2D eigenvalue weighted by Gasteiger charge is -2.27. The van der Waals surface area contributed by atoms with Gasteiger partial charge in [-0.1, -0.05) is 13.0 Å². The van der Waals surface area contributed by atoms with Crippen molar-refractivity contribution in [2.24, 2.45) is 0 Å². The number of carbonyl (C=O) groups is 1. The Kier molecular flexibility index (Phi) is 4.60. The predicted octanol–water partition coefficient (Wildman–Crippen LogP) is 0.952. The van der Waals surface area contributed by atoms with Crippen molar-refractivity contribution in [3.05, 3.63) is 30.1 Å². The highest BCUT2D eigenvalue weighted by molar-refractivity contribution is 7.90. The first kappa shape index (κ1) is 16.9. The first-order valence-electron chi connectivity index (χ1n) is 8.12. The highest BCUT2D eigenvalue weighted by Gasteiger charge is 2.31. The molecule has 1 saturated heterocycles. The molecule has 2 aromatic rings. The minimum atomic E-state index is -3.53. The lowest BCUT2D eigenvalue weighted by atomic mass is 10.2. The number of hydrogen-bond acceptors (Lipinski definition) is 5. The van der Waals surface area contributed by atoms with Gasteiger partial charge in [-0.05, 0) is 31.5 Å². The number of hydrogen-bond donors (Lipinski definition) is 1. The van der Waals surface area contributed by atoms with Crippen LogP contribution in [0.4, 0.5) is 0 Å². The van der Waals surface area contributed by atoms with E-state index in [-0.39, 0.29) is 22.8 Å². The predicted molar refractivity (Wildman–Crippen MR) is 90.9 cm³/mol. The van der Waals surface area contributed by atoms with Gasteiger partial charge in [-0.3, -0.25) is 9.20 Å². The summed E-state index contributed by atoms with van der Waals surface area (Å²) in [5, 5.41) is 3.17. The summed E-state index contributed by atoms with van der Waals surface area (Å²) in [5.74, 6) is -0.204. The van der Waals surface area contributed by atoms with Crippen molar-refractivity contribution in [3.8, 4) is 0 Å². The van der Waals surface area contributed by atoms with Crippen LogP contribution in [0, 0.1) is 0 Å². The number of nitrogens with zero attached hydrogens (tertiary/aromatic N) is 3. The molecule has 1 amide bonds. The first-order chi connectivity index (χ1) is 11.4. The fraction of sp³-hybridized carbons (Fsp3) is 0.500. The molecule has 0 radical (unpaired) electrons. The maximum absolute atomic E-state index is 13.1.